The average Bonchev–Trinajstić information content (AvgIpc) is 2.33. The van der Waals surface area contributed by atoms with E-state index in [1.54, 1.807) is 20.8 Å². The summed E-state index contributed by atoms with van der Waals surface area (Å²) in [5.74, 6) is 0. The van der Waals surface area contributed by atoms with E-state index in [0.29, 0.717) is 0 Å². The van der Waals surface area contributed by atoms with Crippen molar-refractivity contribution in [2.24, 2.45) is 0 Å². The Morgan fingerprint density at radius 1 is 1.14 bits per heavy atom. The molecule has 114 valence electrons. The minimum Gasteiger partial charge on any atom is -0.444 e. The van der Waals surface area contributed by atoms with E-state index in [4.69, 9.17) is 4.74 Å². The maximum atomic E-state index is 11.7. The Kier molecular flexibility index (Phi) is 5.01. The number of hydrogen-bond acceptors (Lipinski definition) is 3. The van der Waals surface area contributed by atoms with Gasteiger partial charge in [0, 0.05) is 0 Å². The minimum absolute atomic E-state index is 0.0548. The van der Waals surface area contributed by atoms with Gasteiger partial charge in [-0.25, -0.2) is 4.79 Å². The first-order valence-electron chi connectivity index (χ1n) is 7.02. The van der Waals surface area contributed by atoms with Crippen molar-refractivity contribution in [2.45, 2.75) is 58.6 Å². The number of amides is 1. The Balaban J connectivity index is 2.82. The van der Waals surface area contributed by atoms with Crippen molar-refractivity contribution >= 4 is 6.09 Å². The van der Waals surface area contributed by atoms with E-state index in [0.717, 1.165) is 5.56 Å². The molecule has 1 unspecified atom stereocenters. The number of nitrogens with zero attached hydrogens (tertiary/aromatic N) is 1. The Labute approximate surface area is 127 Å². The van der Waals surface area contributed by atoms with Crippen LogP contribution in [0.15, 0.2) is 24.3 Å². The number of ether oxygens (including phenoxy) is 1. The largest absolute Gasteiger partial charge is 0.444 e. The number of carbonyl (C=O) groups excluding carboxylic acids is 1. The number of rotatable bonds is 2. The van der Waals surface area contributed by atoms with Crippen LogP contribution in [0.2, 0.25) is 0 Å². The van der Waals surface area contributed by atoms with Gasteiger partial charge in [0.05, 0.1) is 6.07 Å². The molecule has 0 saturated heterocycles. The third-order valence-corrected chi connectivity index (χ3v) is 2.90. The second-order valence-electron chi connectivity index (χ2n) is 7.08. The highest BCUT2D eigenvalue weighted by Gasteiger charge is 2.21. The van der Waals surface area contributed by atoms with E-state index in [9.17, 15) is 10.1 Å². The minimum atomic E-state index is -0.714. The van der Waals surface area contributed by atoms with E-state index >= 15 is 0 Å². The van der Waals surface area contributed by atoms with Crippen molar-refractivity contribution < 1.29 is 9.53 Å². The lowest BCUT2D eigenvalue weighted by molar-refractivity contribution is 0.0515. The summed E-state index contributed by atoms with van der Waals surface area (Å²) in [7, 11) is 0. The van der Waals surface area contributed by atoms with Gasteiger partial charge in [-0.15, -0.1) is 0 Å². The Hall–Kier alpha value is -2.02. The van der Waals surface area contributed by atoms with Crippen LogP contribution in [-0.2, 0) is 10.2 Å². The average molecular weight is 288 g/mol. The second kappa shape index (κ2) is 6.17. The van der Waals surface area contributed by atoms with Crippen LogP contribution in [0.25, 0.3) is 0 Å². The van der Waals surface area contributed by atoms with Crippen LogP contribution < -0.4 is 5.32 Å². The molecule has 0 radical (unpaired) electrons. The topological polar surface area (TPSA) is 62.1 Å². The molecule has 0 aliphatic heterocycles. The van der Waals surface area contributed by atoms with E-state index < -0.39 is 17.7 Å². The number of carbonyl (C=O) groups is 1. The van der Waals surface area contributed by atoms with Crippen LogP contribution in [0.1, 0.15) is 58.7 Å². The summed E-state index contributed by atoms with van der Waals surface area (Å²) in [4.78, 5) is 11.7. The highest BCUT2D eigenvalue weighted by Crippen LogP contribution is 2.24. The van der Waals surface area contributed by atoms with Crippen molar-refractivity contribution in [1.29, 1.82) is 5.26 Å². The summed E-state index contributed by atoms with van der Waals surface area (Å²) in [5, 5.41) is 11.8. The maximum Gasteiger partial charge on any atom is 0.408 e. The normalized spacial score (nSPS) is 13.2. The Bertz CT molecular complexity index is 528. The molecule has 0 aliphatic carbocycles. The maximum absolute atomic E-state index is 11.7. The first kappa shape index (κ1) is 17.0. The van der Waals surface area contributed by atoms with E-state index in [2.05, 4.69) is 32.2 Å². The fourth-order valence-electron chi connectivity index (χ4n) is 1.79. The third kappa shape index (κ3) is 5.47. The van der Waals surface area contributed by atoms with Gasteiger partial charge in [0.2, 0.25) is 0 Å². The van der Waals surface area contributed by atoms with Crippen molar-refractivity contribution in [2.75, 3.05) is 0 Å². The quantitative estimate of drug-likeness (QED) is 0.892. The van der Waals surface area contributed by atoms with Crippen LogP contribution in [0.4, 0.5) is 4.79 Å². The molecule has 1 aromatic rings. The van der Waals surface area contributed by atoms with Gasteiger partial charge < -0.3 is 10.1 Å². The van der Waals surface area contributed by atoms with Crippen LogP contribution in [-0.4, -0.2) is 11.7 Å². The number of benzene rings is 1. The first-order chi connectivity index (χ1) is 9.53. The predicted octanol–water partition coefficient (Wildman–Crippen LogP) is 4.07. The molecular weight excluding hydrogens is 264 g/mol. The second-order valence-corrected chi connectivity index (χ2v) is 7.08. The van der Waals surface area contributed by atoms with E-state index in [-0.39, 0.29) is 5.41 Å². The van der Waals surface area contributed by atoms with Gasteiger partial charge in [0.25, 0.3) is 0 Å². The van der Waals surface area contributed by atoms with Gasteiger partial charge in [0.1, 0.15) is 11.6 Å². The van der Waals surface area contributed by atoms with Gasteiger partial charge >= 0.3 is 6.09 Å². The van der Waals surface area contributed by atoms with Gasteiger partial charge in [-0.1, -0.05) is 45.0 Å². The zero-order valence-electron chi connectivity index (χ0n) is 13.7. The molecule has 0 fully saturated rings. The molecule has 0 spiro atoms. The summed E-state index contributed by atoms with van der Waals surface area (Å²) >= 11 is 0. The summed E-state index contributed by atoms with van der Waals surface area (Å²) in [5.41, 5.74) is 1.40. The third-order valence-electron chi connectivity index (χ3n) is 2.90. The molecule has 0 aromatic heterocycles. The lowest BCUT2D eigenvalue weighted by Gasteiger charge is -2.22. The standard InChI is InChI=1S/C17H24N2O2/c1-16(2,3)13-9-7-12(8-10-13)14(11-18)19-15(20)21-17(4,5)6/h7-10,14H,1-6H3,(H,19,20). The molecular formula is C17H24N2O2. The number of alkyl carbamates (subject to hydrolysis) is 1. The van der Waals surface area contributed by atoms with E-state index in [1.165, 1.54) is 5.56 Å². The van der Waals surface area contributed by atoms with Crippen molar-refractivity contribution in [1.82, 2.24) is 5.32 Å². The van der Waals surface area contributed by atoms with Crippen molar-refractivity contribution in [3.8, 4) is 6.07 Å². The Morgan fingerprint density at radius 2 is 1.67 bits per heavy atom. The van der Waals surface area contributed by atoms with Gasteiger partial charge in [-0.3, -0.25) is 0 Å². The highest BCUT2D eigenvalue weighted by molar-refractivity contribution is 5.69. The molecule has 0 aliphatic rings. The molecule has 21 heavy (non-hydrogen) atoms. The van der Waals surface area contributed by atoms with E-state index in [1.807, 2.05) is 24.3 Å². The lowest BCUT2D eigenvalue weighted by Crippen LogP contribution is -2.34. The fraction of sp³-hybridized carbons (Fsp3) is 0.529. The number of nitriles is 1. The zero-order chi connectivity index (χ0) is 16.3. The molecule has 0 bridgehead atoms. The predicted molar refractivity (Wildman–Crippen MR) is 82.9 cm³/mol. The van der Waals surface area contributed by atoms with Crippen LogP contribution in [0.5, 0.6) is 0 Å². The molecule has 1 rings (SSSR count). The molecule has 1 amide bonds. The van der Waals surface area contributed by atoms with Gasteiger partial charge in [0.15, 0.2) is 0 Å². The Morgan fingerprint density at radius 3 is 2.05 bits per heavy atom. The summed E-state index contributed by atoms with van der Waals surface area (Å²) in [6, 6.07) is 9.07. The lowest BCUT2D eigenvalue weighted by atomic mass is 9.86. The van der Waals surface area contributed by atoms with Gasteiger partial charge in [-0.05, 0) is 37.3 Å². The highest BCUT2D eigenvalue weighted by atomic mass is 16.6. The molecule has 0 saturated carbocycles. The van der Waals surface area contributed by atoms with Crippen LogP contribution >= 0.6 is 0 Å². The van der Waals surface area contributed by atoms with Crippen LogP contribution in [0.3, 0.4) is 0 Å². The zero-order valence-corrected chi connectivity index (χ0v) is 13.7. The molecule has 1 aromatic carbocycles. The smallest absolute Gasteiger partial charge is 0.408 e. The first-order valence-corrected chi connectivity index (χ1v) is 7.02. The van der Waals surface area contributed by atoms with Gasteiger partial charge in [-0.2, -0.15) is 5.26 Å². The van der Waals surface area contributed by atoms with Crippen molar-refractivity contribution in [3.05, 3.63) is 35.4 Å². The summed E-state index contributed by atoms with van der Waals surface area (Å²) < 4.78 is 5.17. The molecule has 1 N–H and O–H groups in total. The monoisotopic (exact) mass is 288 g/mol. The number of nitrogens with one attached hydrogen (secondary N) is 1. The molecule has 4 nitrogen and oxygen atoms in total. The fourth-order valence-corrected chi connectivity index (χ4v) is 1.79. The SMILES string of the molecule is CC(C)(C)OC(=O)NC(C#N)c1ccc(C(C)(C)C)cc1. The number of hydrogen-bond donors (Lipinski definition) is 1. The molecule has 4 heteroatoms. The van der Waals surface area contributed by atoms with Crippen LogP contribution in [0, 0.1) is 11.3 Å². The summed E-state index contributed by atoms with van der Waals surface area (Å²) in [6.45, 7) is 11.7. The molecule has 1 atom stereocenters. The molecule has 0 heterocycles. The van der Waals surface area contributed by atoms with Crippen molar-refractivity contribution in [3.63, 3.8) is 0 Å². The summed E-state index contributed by atoms with van der Waals surface area (Å²) in [6.07, 6.45) is -0.589.